The molecule has 0 aromatic carbocycles. The summed E-state index contributed by atoms with van der Waals surface area (Å²) in [5.74, 6) is 0. The van der Waals surface area contributed by atoms with Crippen LogP contribution in [0.4, 0.5) is 43.9 Å². The second-order valence-electron chi connectivity index (χ2n) is 20.4. The molecule has 0 radical (unpaired) electrons. The van der Waals surface area contributed by atoms with Gasteiger partial charge in [0.05, 0.1) is 42.3 Å². The molecule has 0 saturated carbocycles. The second-order valence-corrected chi connectivity index (χ2v) is 20.4. The minimum Gasteiger partial charge on any atom is -0.388 e. The molecule has 7 aliphatic rings. The van der Waals surface area contributed by atoms with Crippen molar-refractivity contribution in [3.05, 3.63) is 81.5 Å². The van der Waals surface area contributed by atoms with E-state index in [2.05, 4.69) is 0 Å². The standard InChI is InChI=1S/3C7H11F2NO3.4C7H12FNO3/c3*8-7(9)2-1-3(10)5(12)6(13)4(2)11;4*8-2-3-1-4(9)6(11)7(12)5(3)10/h3*1,3-7,11-13H,10H2;4*1,4-7,10-12H,2,9H2/t3?,4-,5+,6+;3-,4+,5-,6-;3-,4-,5+,6+;4?,5-,6+,7+;4?,5-,6-,7-;4-,5+,6-,7-;4-,5-,6+,7+/m1011001/s1. The van der Waals surface area contributed by atoms with E-state index in [0.29, 0.717) is 0 Å². The molecule has 87 heavy (non-hydrogen) atoms. The lowest BCUT2D eigenvalue weighted by molar-refractivity contribution is -0.0656. The van der Waals surface area contributed by atoms with Gasteiger partial charge in [0.2, 0.25) is 0 Å². The van der Waals surface area contributed by atoms with Crippen molar-refractivity contribution in [2.75, 3.05) is 26.7 Å². The number of aliphatic hydroxyl groups is 21. The summed E-state index contributed by atoms with van der Waals surface area (Å²) >= 11 is 0. The molecule has 7 aliphatic carbocycles. The summed E-state index contributed by atoms with van der Waals surface area (Å²) in [6.45, 7) is -3.45. The van der Waals surface area contributed by atoms with Gasteiger partial charge in [0.15, 0.2) is 0 Å². The van der Waals surface area contributed by atoms with Gasteiger partial charge in [0.25, 0.3) is 19.3 Å². The van der Waals surface area contributed by atoms with Crippen molar-refractivity contribution in [3.63, 3.8) is 0 Å². The van der Waals surface area contributed by atoms with E-state index in [1.54, 1.807) is 0 Å². The van der Waals surface area contributed by atoms with Crippen LogP contribution in [0.3, 0.4) is 0 Å². The van der Waals surface area contributed by atoms with Crippen LogP contribution < -0.4 is 40.1 Å². The van der Waals surface area contributed by atoms with Crippen LogP contribution in [0.25, 0.3) is 0 Å². The second kappa shape index (κ2) is 37.0. The third kappa shape index (κ3) is 21.8. The molecule has 0 amide bonds. The normalized spacial score (nSPS) is 41.7. The summed E-state index contributed by atoms with van der Waals surface area (Å²) in [6.07, 6.45) is -31.3. The highest BCUT2D eigenvalue weighted by Crippen LogP contribution is 2.28. The van der Waals surface area contributed by atoms with Crippen molar-refractivity contribution < 1.29 is 151 Å². The van der Waals surface area contributed by atoms with Crippen molar-refractivity contribution in [1.29, 1.82) is 0 Å². The number of hydrogen-bond donors (Lipinski definition) is 28. The van der Waals surface area contributed by atoms with Gasteiger partial charge in [-0.3, -0.25) is 0 Å². The molecule has 28 atom stereocenters. The lowest BCUT2D eigenvalue weighted by Gasteiger charge is -2.32. The van der Waals surface area contributed by atoms with E-state index in [1.807, 2.05) is 0 Å². The Labute approximate surface area is 488 Å². The highest BCUT2D eigenvalue weighted by atomic mass is 19.3. The maximum absolute atomic E-state index is 12.2. The molecular formula is C49H81F10N7O21. The SMILES string of the molecule is NC1C=C(C(F)F)[C@@H](O)[C@H](O)[C@H]1O.NC1C=C(CF)[C@@H](O)[C@H](O)[C@H]1O.NC1C=C(CF)[C@H](O)[C@H](O)[C@H]1O.N[C@@H]1C=C(C(F)F)[C@@H](O)[C@H](O)[C@H]1O.N[C@@H]1C=C(CF)[C@@H](O)[C@H](O)[C@H]1O.N[C@H]1C=C(C(F)F)[C@@H](O)[C@H](O)[C@H]1O.N[C@H]1C=C(CF)[C@@H](O)[C@H](O)[C@H]1O. The zero-order valence-corrected chi connectivity index (χ0v) is 45.5. The summed E-state index contributed by atoms with van der Waals surface area (Å²) in [6, 6.07) is -6.45. The van der Waals surface area contributed by atoms with Gasteiger partial charge in [-0.1, -0.05) is 42.5 Å². The first-order valence-corrected chi connectivity index (χ1v) is 25.8. The smallest absolute Gasteiger partial charge is 0.262 e. The molecule has 0 fully saturated rings. The van der Waals surface area contributed by atoms with Crippen LogP contribution in [-0.2, 0) is 0 Å². The van der Waals surface area contributed by atoms with Crippen LogP contribution in [0.5, 0.6) is 0 Å². The lowest BCUT2D eigenvalue weighted by atomic mass is 9.89. The highest BCUT2D eigenvalue weighted by molar-refractivity contribution is 5.26. The Morgan fingerprint density at radius 3 is 0.483 bits per heavy atom. The molecule has 3 unspecified atom stereocenters. The number of halogens is 10. The summed E-state index contributed by atoms with van der Waals surface area (Å²) in [5.41, 5.74) is 35.2. The van der Waals surface area contributed by atoms with Crippen LogP contribution in [-0.4, -0.2) is 324 Å². The average molecular weight is 1290 g/mol. The van der Waals surface area contributed by atoms with Gasteiger partial charge in [-0.05, 0) is 22.3 Å². The fourth-order valence-corrected chi connectivity index (χ4v) is 8.51. The fraction of sp³-hybridized carbons (Fsp3) is 0.714. The van der Waals surface area contributed by atoms with E-state index >= 15 is 0 Å². The molecule has 0 aromatic rings. The summed E-state index contributed by atoms with van der Waals surface area (Å²) in [5, 5.41) is 191. The van der Waals surface area contributed by atoms with Crippen LogP contribution in [0.1, 0.15) is 0 Å². The quantitative estimate of drug-likeness (QED) is 0.0831. The van der Waals surface area contributed by atoms with Crippen molar-refractivity contribution >= 4 is 0 Å². The van der Waals surface area contributed by atoms with E-state index in [9.17, 15) is 43.9 Å². The fourth-order valence-electron chi connectivity index (χ4n) is 8.51. The number of hydrogen-bond acceptors (Lipinski definition) is 28. The van der Waals surface area contributed by atoms with Crippen molar-refractivity contribution in [1.82, 2.24) is 0 Å². The van der Waals surface area contributed by atoms with E-state index in [4.69, 9.17) is 147 Å². The van der Waals surface area contributed by atoms with Crippen LogP contribution in [0, 0.1) is 0 Å². The molecule has 28 nitrogen and oxygen atoms in total. The first kappa shape index (κ1) is 81.4. The maximum atomic E-state index is 12.2. The Hall–Kier alpha value is -3.64. The molecule has 0 heterocycles. The predicted molar refractivity (Wildman–Crippen MR) is 280 cm³/mol. The van der Waals surface area contributed by atoms with Crippen LogP contribution in [0.15, 0.2) is 81.5 Å². The first-order valence-electron chi connectivity index (χ1n) is 25.8. The topological polar surface area (TPSA) is 607 Å². The van der Waals surface area contributed by atoms with E-state index in [-0.39, 0.29) is 22.3 Å². The van der Waals surface area contributed by atoms with E-state index in [0.717, 1.165) is 18.2 Å². The van der Waals surface area contributed by atoms with E-state index < -0.39 is 233 Å². The molecule has 7 rings (SSSR count). The zero-order valence-electron chi connectivity index (χ0n) is 45.5. The molecule has 38 heteroatoms. The number of alkyl halides is 10. The average Bonchev–Trinajstić information content (AvgIpc) is 3.33. The summed E-state index contributed by atoms with van der Waals surface area (Å²) in [4.78, 5) is 0. The van der Waals surface area contributed by atoms with E-state index in [1.165, 1.54) is 24.3 Å². The minimum absolute atomic E-state index is 0.0281. The summed E-state index contributed by atoms with van der Waals surface area (Å²) < 4.78 is 122. The Morgan fingerprint density at radius 2 is 0.356 bits per heavy atom. The molecule has 35 N–H and O–H groups in total. The zero-order chi connectivity index (χ0) is 67.7. The van der Waals surface area contributed by atoms with Gasteiger partial charge in [0.1, 0.15) is 155 Å². The largest absolute Gasteiger partial charge is 0.388 e. The van der Waals surface area contributed by atoms with Gasteiger partial charge in [-0.25, -0.2) is 43.9 Å². The van der Waals surface area contributed by atoms with Crippen LogP contribution >= 0.6 is 0 Å². The molecule has 0 bridgehead atoms. The maximum Gasteiger partial charge on any atom is 0.262 e. The number of aliphatic hydroxyl groups excluding tert-OH is 21. The number of nitrogens with two attached hydrogens (primary N) is 7. The Bertz CT molecular complexity index is 2040. The van der Waals surface area contributed by atoms with Crippen molar-refractivity contribution in [3.8, 4) is 0 Å². The molecule has 0 aliphatic heterocycles. The third-order valence-corrected chi connectivity index (χ3v) is 14.2. The molecule has 0 spiro atoms. The molecule has 508 valence electrons. The lowest BCUT2D eigenvalue weighted by Crippen LogP contribution is -2.52. The highest BCUT2D eigenvalue weighted by Gasteiger charge is 2.43. The van der Waals surface area contributed by atoms with Crippen molar-refractivity contribution in [2.24, 2.45) is 40.1 Å². The Morgan fingerprint density at radius 1 is 0.230 bits per heavy atom. The van der Waals surface area contributed by atoms with Gasteiger partial charge < -0.3 is 147 Å². The first-order chi connectivity index (χ1) is 40.1. The van der Waals surface area contributed by atoms with Crippen LogP contribution in [0.2, 0.25) is 0 Å². The van der Waals surface area contributed by atoms with Gasteiger partial charge in [-0.2, -0.15) is 0 Å². The Balaban J connectivity index is 0.000000508. The molecular weight excluding hydrogens is 1210 g/mol. The van der Waals surface area contributed by atoms with Crippen molar-refractivity contribution in [2.45, 2.75) is 190 Å². The number of rotatable bonds is 7. The molecule has 0 saturated heterocycles. The third-order valence-electron chi connectivity index (χ3n) is 14.2. The minimum atomic E-state index is -2.87. The Kier molecular flexibility index (Phi) is 34.6. The van der Waals surface area contributed by atoms with Gasteiger partial charge >= 0.3 is 0 Å². The van der Waals surface area contributed by atoms with Gasteiger partial charge in [-0.15, -0.1) is 0 Å². The predicted octanol–water partition coefficient (Wildman–Crippen LogP) is -11.0. The summed E-state index contributed by atoms with van der Waals surface area (Å²) in [7, 11) is 0. The molecule has 0 aromatic heterocycles. The monoisotopic (exact) mass is 1290 g/mol. The van der Waals surface area contributed by atoms with Gasteiger partial charge in [0, 0.05) is 16.7 Å².